The Balaban J connectivity index is 1.97. The molecule has 1 aromatic heterocycles. The van der Waals surface area contributed by atoms with Crippen molar-refractivity contribution in [2.75, 3.05) is 23.9 Å². The van der Waals surface area contributed by atoms with Crippen LogP contribution >= 0.6 is 0 Å². The lowest BCUT2D eigenvalue weighted by atomic mass is 10.2. The number of urea groups is 1. The minimum atomic E-state index is -3.00. The van der Waals surface area contributed by atoms with Crippen LogP contribution in [0.1, 0.15) is 12.2 Å². The first-order chi connectivity index (χ1) is 8.37. The van der Waals surface area contributed by atoms with Crippen LogP contribution in [0.2, 0.25) is 0 Å². The zero-order valence-corrected chi connectivity index (χ0v) is 11.0. The van der Waals surface area contributed by atoms with Gasteiger partial charge in [0.25, 0.3) is 0 Å². The van der Waals surface area contributed by atoms with Crippen LogP contribution in [0.3, 0.4) is 0 Å². The van der Waals surface area contributed by atoms with Gasteiger partial charge in [0.05, 0.1) is 11.5 Å². The number of carbonyl (C=O) groups excluding carboxylic acids is 1. The summed E-state index contributed by atoms with van der Waals surface area (Å²) < 4.78 is 27.5. The molecular weight excluding hydrogens is 258 g/mol. The zero-order chi connectivity index (χ0) is 13.3. The molecule has 1 aromatic rings. The van der Waals surface area contributed by atoms with Gasteiger partial charge in [0.2, 0.25) is 0 Å². The van der Waals surface area contributed by atoms with Crippen molar-refractivity contribution in [3.63, 3.8) is 0 Å². The molecule has 0 aromatic carbocycles. The van der Waals surface area contributed by atoms with E-state index in [1.807, 2.05) is 0 Å². The molecule has 1 N–H and O–H groups in total. The minimum absolute atomic E-state index is 0.0226. The third-order valence-electron chi connectivity index (χ3n) is 2.94. The highest BCUT2D eigenvalue weighted by Crippen LogP contribution is 2.17. The lowest BCUT2D eigenvalue weighted by Gasteiger charge is -2.22. The number of hydrogen-bond donors (Lipinski definition) is 1. The van der Waals surface area contributed by atoms with Crippen molar-refractivity contribution >= 4 is 21.7 Å². The smallest absolute Gasteiger partial charge is 0.323 e. The number of sulfone groups is 1. The molecular formula is C10H15N3O4S. The van der Waals surface area contributed by atoms with Crippen molar-refractivity contribution in [2.45, 2.75) is 19.4 Å². The van der Waals surface area contributed by atoms with E-state index < -0.39 is 9.84 Å². The van der Waals surface area contributed by atoms with E-state index in [0.29, 0.717) is 18.0 Å². The van der Waals surface area contributed by atoms with Crippen molar-refractivity contribution in [2.24, 2.45) is 0 Å². The van der Waals surface area contributed by atoms with E-state index in [9.17, 15) is 13.2 Å². The Morgan fingerprint density at radius 1 is 1.61 bits per heavy atom. The Hall–Kier alpha value is -1.57. The van der Waals surface area contributed by atoms with Gasteiger partial charge < -0.3 is 9.42 Å². The van der Waals surface area contributed by atoms with Gasteiger partial charge in [0.1, 0.15) is 5.76 Å². The van der Waals surface area contributed by atoms with Crippen LogP contribution in [0.15, 0.2) is 10.6 Å². The van der Waals surface area contributed by atoms with Crippen molar-refractivity contribution in [3.05, 3.63) is 11.8 Å². The van der Waals surface area contributed by atoms with Gasteiger partial charge in [-0.2, -0.15) is 0 Å². The van der Waals surface area contributed by atoms with Crippen molar-refractivity contribution in [1.29, 1.82) is 0 Å². The molecule has 1 atom stereocenters. The summed E-state index contributed by atoms with van der Waals surface area (Å²) in [5, 5.41) is 6.20. The quantitative estimate of drug-likeness (QED) is 0.853. The van der Waals surface area contributed by atoms with Crippen LogP contribution < -0.4 is 5.32 Å². The second kappa shape index (κ2) is 4.60. The zero-order valence-electron chi connectivity index (χ0n) is 10.2. The van der Waals surface area contributed by atoms with E-state index in [1.165, 1.54) is 4.90 Å². The van der Waals surface area contributed by atoms with Gasteiger partial charge in [-0.3, -0.25) is 5.32 Å². The van der Waals surface area contributed by atoms with Crippen molar-refractivity contribution < 1.29 is 17.7 Å². The maximum absolute atomic E-state index is 11.9. The lowest BCUT2D eigenvalue weighted by Crippen LogP contribution is -2.40. The number of aryl methyl sites for hydroxylation is 1. The van der Waals surface area contributed by atoms with E-state index in [2.05, 4.69) is 10.5 Å². The maximum atomic E-state index is 11.9. The molecule has 2 rings (SSSR count). The minimum Gasteiger partial charge on any atom is -0.360 e. The van der Waals surface area contributed by atoms with Gasteiger partial charge in [0.15, 0.2) is 15.7 Å². The molecule has 2 amide bonds. The molecule has 1 saturated heterocycles. The molecule has 0 unspecified atom stereocenters. The maximum Gasteiger partial charge on any atom is 0.323 e. The molecule has 0 bridgehead atoms. The Morgan fingerprint density at radius 2 is 2.33 bits per heavy atom. The van der Waals surface area contributed by atoms with E-state index in [4.69, 9.17) is 4.52 Å². The normalized spacial score (nSPS) is 21.8. The lowest BCUT2D eigenvalue weighted by molar-refractivity contribution is 0.208. The summed E-state index contributed by atoms with van der Waals surface area (Å²) >= 11 is 0. The Morgan fingerprint density at radius 3 is 2.83 bits per heavy atom. The fourth-order valence-corrected chi connectivity index (χ4v) is 3.64. The molecule has 0 saturated carbocycles. The Bertz CT molecular complexity index is 551. The van der Waals surface area contributed by atoms with Crippen molar-refractivity contribution in [1.82, 2.24) is 10.1 Å². The average molecular weight is 273 g/mol. The first-order valence-corrected chi connectivity index (χ1v) is 7.37. The number of nitrogens with one attached hydrogen (secondary N) is 1. The predicted molar refractivity (Wildman–Crippen MR) is 65.1 cm³/mol. The molecule has 7 nitrogen and oxygen atoms in total. The number of anilines is 1. The molecule has 1 fully saturated rings. The number of amides is 2. The van der Waals surface area contributed by atoms with Gasteiger partial charge in [-0.05, 0) is 13.3 Å². The molecule has 0 aliphatic carbocycles. The van der Waals surface area contributed by atoms with Crippen LogP contribution in [0.4, 0.5) is 10.6 Å². The average Bonchev–Trinajstić information content (AvgIpc) is 2.83. The van der Waals surface area contributed by atoms with Crippen molar-refractivity contribution in [3.8, 4) is 0 Å². The molecule has 100 valence electrons. The largest absolute Gasteiger partial charge is 0.360 e. The number of carbonyl (C=O) groups is 1. The highest BCUT2D eigenvalue weighted by molar-refractivity contribution is 7.91. The van der Waals surface area contributed by atoms with Gasteiger partial charge in [0, 0.05) is 19.2 Å². The number of aromatic nitrogens is 1. The monoisotopic (exact) mass is 273 g/mol. The number of rotatable bonds is 2. The SMILES string of the molecule is Cc1cc(NC(=O)N(C)[C@@H]2CCS(=O)(=O)C2)no1. The molecule has 1 aliphatic heterocycles. The Kier molecular flexibility index (Phi) is 3.29. The fourth-order valence-electron chi connectivity index (χ4n) is 1.87. The van der Waals surface area contributed by atoms with E-state index in [1.54, 1.807) is 20.0 Å². The Labute approximate surface area is 105 Å². The number of nitrogens with zero attached hydrogens (tertiary/aromatic N) is 2. The topological polar surface area (TPSA) is 92.5 Å². The highest BCUT2D eigenvalue weighted by Gasteiger charge is 2.32. The molecule has 2 heterocycles. The van der Waals surface area contributed by atoms with Gasteiger partial charge in [-0.1, -0.05) is 5.16 Å². The molecule has 18 heavy (non-hydrogen) atoms. The van der Waals surface area contributed by atoms with Gasteiger partial charge >= 0.3 is 6.03 Å². The third-order valence-corrected chi connectivity index (χ3v) is 4.69. The number of hydrogen-bond acceptors (Lipinski definition) is 5. The van der Waals surface area contributed by atoms with Crippen LogP contribution in [-0.2, 0) is 9.84 Å². The first kappa shape index (κ1) is 12.9. The summed E-state index contributed by atoms with van der Waals surface area (Å²) in [5.41, 5.74) is 0. The molecule has 8 heteroatoms. The predicted octanol–water partition coefficient (Wildman–Crippen LogP) is 0.634. The summed E-state index contributed by atoms with van der Waals surface area (Å²) in [5.74, 6) is 1.08. The van der Waals surface area contributed by atoms with E-state index >= 15 is 0 Å². The third kappa shape index (κ3) is 2.81. The first-order valence-electron chi connectivity index (χ1n) is 5.55. The van der Waals surface area contributed by atoms with Crippen LogP contribution in [0.25, 0.3) is 0 Å². The summed E-state index contributed by atoms with van der Waals surface area (Å²) in [6.07, 6.45) is 0.476. The van der Waals surface area contributed by atoms with Gasteiger partial charge in [-0.15, -0.1) is 0 Å². The second-order valence-corrected chi connectivity index (χ2v) is 6.65. The standard InChI is InChI=1S/C10H15N3O4S/c1-7-5-9(12-17-7)11-10(14)13(2)8-3-4-18(15,16)6-8/h5,8H,3-4,6H2,1-2H3,(H,11,12,14)/t8-/m1/s1. The molecule has 0 radical (unpaired) electrons. The summed E-state index contributed by atoms with van der Waals surface area (Å²) in [7, 11) is -1.42. The van der Waals surface area contributed by atoms with E-state index in [0.717, 1.165) is 0 Å². The van der Waals surface area contributed by atoms with Crippen LogP contribution in [0, 0.1) is 6.92 Å². The summed E-state index contributed by atoms with van der Waals surface area (Å²) in [4.78, 5) is 13.3. The molecule has 1 aliphatic rings. The highest BCUT2D eigenvalue weighted by atomic mass is 32.2. The van der Waals surface area contributed by atoms with Crippen LogP contribution in [-0.4, -0.2) is 49.1 Å². The molecule has 0 spiro atoms. The van der Waals surface area contributed by atoms with Crippen LogP contribution in [0.5, 0.6) is 0 Å². The second-order valence-electron chi connectivity index (χ2n) is 4.42. The summed E-state index contributed by atoms with van der Waals surface area (Å²) in [6.45, 7) is 1.72. The van der Waals surface area contributed by atoms with E-state index in [-0.39, 0.29) is 23.6 Å². The fraction of sp³-hybridized carbons (Fsp3) is 0.600. The van der Waals surface area contributed by atoms with Gasteiger partial charge in [-0.25, -0.2) is 13.2 Å². The summed E-state index contributed by atoms with van der Waals surface area (Å²) in [6, 6.07) is 0.935.